The van der Waals surface area contributed by atoms with Crippen molar-refractivity contribution in [2.75, 3.05) is 6.61 Å². The van der Waals surface area contributed by atoms with Gasteiger partial charge in [0.15, 0.2) is 5.82 Å². The first kappa shape index (κ1) is 21.6. The number of aromatic nitrogens is 3. The predicted molar refractivity (Wildman–Crippen MR) is 123 cm³/mol. The fourth-order valence-corrected chi connectivity index (χ4v) is 3.79. The van der Waals surface area contributed by atoms with Gasteiger partial charge in [0, 0.05) is 22.2 Å². The largest absolute Gasteiger partial charge is 0.493 e. The summed E-state index contributed by atoms with van der Waals surface area (Å²) in [5.41, 5.74) is 2.17. The Hall–Kier alpha value is -2.12. The quantitative estimate of drug-likeness (QED) is 0.270. The number of benzene rings is 2. The molecule has 0 bridgehead atoms. The maximum absolute atomic E-state index is 5.84. The topological polar surface area (TPSA) is 52.3 Å². The summed E-state index contributed by atoms with van der Waals surface area (Å²) < 4.78 is 8.77. The van der Waals surface area contributed by atoms with Gasteiger partial charge in [0.25, 0.3) is 0 Å². The van der Waals surface area contributed by atoms with Gasteiger partial charge in [-0.3, -0.25) is 0 Å². The van der Waals surface area contributed by atoms with E-state index in [0.717, 1.165) is 51.8 Å². The lowest BCUT2D eigenvalue weighted by atomic mass is 10.2. The van der Waals surface area contributed by atoms with Gasteiger partial charge in [-0.25, -0.2) is 0 Å². The second kappa shape index (κ2) is 11.2. The van der Waals surface area contributed by atoms with E-state index in [4.69, 9.17) is 9.84 Å². The second-order valence-corrected chi connectivity index (χ2v) is 8.36. The highest BCUT2D eigenvalue weighted by Gasteiger charge is 2.12. The number of aryl methyl sites for hydroxylation is 1. The van der Waals surface area contributed by atoms with Crippen LogP contribution in [0.4, 0.5) is 0 Å². The van der Waals surface area contributed by atoms with Crippen molar-refractivity contribution in [3.05, 3.63) is 70.0 Å². The molecule has 0 aliphatic heterocycles. The van der Waals surface area contributed by atoms with Crippen molar-refractivity contribution in [3.63, 3.8) is 0 Å². The highest BCUT2D eigenvalue weighted by molar-refractivity contribution is 9.10. The molecular weight excluding hydrogens is 448 g/mol. The SMILES string of the molecule is CCCOc1ccccc1/C=N/n1c(CCC)nnc1SCc1ccc(Br)cc1. The van der Waals surface area contributed by atoms with Crippen LogP contribution in [0.15, 0.2) is 63.3 Å². The van der Waals surface area contributed by atoms with E-state index in [-0.39, 0.29) is 0 Å². The van der Waals surface area contributed by atoms with Crippen LogP contribution >= 0.6 is 27.7 Å². The molecule has 2 aromatic carbocycles. The van der Waals surface area contributed by atoms with Crippen LogP contribution in [0, 0.1) is 0 Å². The molecule has 0 spiro atoms. The van der Waals surface area contributed by atoms with Crippen LogP contribution in [0.3, 0.4) is 0 Å². The average molecular weight is 473 g/mol. The van der Waals surface area contributed by atoms with Gasteiger partial charge in [-0.2, -0.15) is 9.78 Å². The van der Waals surface area contributed by atoms with Crippen molar-refractivity contribution in [1.82, 2.24) is 14.9 Å². The zero-order valence-electron chi connectivity index (χ0n) is 16.7. The molecule has 0 saturated heterocycles. The number of rotatable bonds is 10. The molecule has 0 N–H and O–H groups in total. The minimum atomic E-state index is 0.687. The summed E-state index contributed by atoms with van der Waals surface area (Å²) in [4.78, 5) is 0. The van der Waals surface area contributed by atoms with Gasteiger partial charge in [0.2, 0.25) is 5.16 Å². The molecule has 29 heavy (non-hydrogen) atoms. The molecule has 5 nitrogen and oxygen atoms in total. The number of thioether (sulfide) groups is 1. The summed E-state index contributed by atoms with van der Waals surface area (Å²) in [6, 6.07) is 16.3. The monoisotopic (exact) mass is 472 g/mol. The van der Waals surface area contributed by atoms with E-state index in [0.29, 0.717) is 6.61 Å². The molecule has 3 rings (SSSR count). The van der Waals surface area contributed by atoms with E-state index in [9.17, 15) is 0 Å². The average Bonchev–Trinajstić information content (AvgIpc) is 3.12. The maximum Gasteiger partial charge on any atom is 0.212 e. The van der Waals surface area contributed by atoms with Gasteiger partial charge in [-0.15, -0.1) is 10.2 Å². The van der Waals surface area contributed by atoms with E-state index >= 15 is 0 Å². The molecule has 1 aromatic heterocycles. The summed E-state index contributed by atoms with van der Waals surface area (Å²) in [6.45, 7) is 4.91. The Bertz CT molecular complexity index is 940. The first-order chi connectivity index (χ1) is 14.2. The molecule has 0 atom stereocenters. The second-order valence-electron chi connectivity index (χ2n) is 6.51. The van der Waals surface area contributed by atoms with E-state index in [1.54, 1.807) is 11.8 Å². The first-order valence-corrected chi connectivity index (χ1v) is 11.6. The molecule has 7 heteroatoms. The zero-order chi connectivity index (χ0) is 20.5. The lowest BCUT2D eigenvalue weighted by Gasteiger charge is -2.08. The maximum atomic E-state index is 5.84. The highest BCUT2D eigenvalue weighted by Crippen LogP contribution is 2.24. The first-order valence-electron chi connectivity index (χ1n) is 9.79. The number of ether oxygens (including phenoxy) is 1. The summed E-state index contributed by atoms with van der Waals surface area (Å²) in [5.74, 6) is 2.52. The van der Waals surface area contributed by atoms with Crippen molar-refractivity contribution >= 4 is 33.9 Å². The van der Waals surface area contributed by atoms with Gasteiger partial charge < -0.3 is 4.74 Å². The molecular formula is C22H25BrN4OS. The third-order valence-electron chi connectivity index (χ3n) is 4.12. The number of hydrogen-bond acceptors (Lipinski definition) is 5. The molecule has 0 saturated carbocycles. The molecule has 0 fully saturated rings. The van der Waals surface area contributed by atoms with Crippen molar-refractivity contribution in [3.8, 4) is 5.75 Å². The van der Waals surface area contributed by atoms with Gasteiger partial charge in [-0.05, 0) is 42.7 Å². The number of nitrogens with zero attached hydrogens (tertiary/aromatic N) is 4. The fourth-order valence-electron chi connectivity index (χ4n) is 2.66. The third-order valence-corrected chi connectivity index (χ3v) is 5.64. The van der Waals surface area contributed by atoms with Gasteiger partial charge in [-0.1, -0.05) is 65.8 Å². The minimum absolute atomic E-state index is 0.687. The molecule has 3 aromatic rings. The van der Waals surface area contributed by atoms with E-state index < -0.39 is 0 Å². The Morgan fingerprint density at radius 2 is 1.86 bits per heavy atom. The predicted octanol–water partition coefficient (Wildman–Crippen LogP) is 5.96. The lowest BCUT2D eigenvalue weighted by molar-refractivity contribution is 0.317. The van der Waals surface area contributed by atoms with Gasteiger partial charge in [0.1, 0.15) is 5.75 Å². The smallest absolute Gasteiger partial charge is 0.212 e. The standard InChI is InChI=1S/C22H25BrN4OS/c1-3-7-21-25-26-22(29-16-17-10-12-19(23)13-11-17)27(21)24-15-18-8-5-6-9-20(18)28-14-4-2/h5-6,8-13,15H,3-4,7,14,16H2,1-2H3/b24-15+. The van der Waals surface area contributed by atoms with Crippen molar-refractivity contribution < 1.29 is 4.74 Å². The number of hydrogen-bond donors (Lipinski definition) is 0. The Balaban J connectivity index is 1.81. The normalized spacial score (nSPS) is 11.3. The molecule has 152 valence electrons. The number of halogens is 1. The van der Waals surface area contributed by atoms with Crippen molar-refractivity contribution in [1.29, 1.82) is 0 Å². The molecule has 0 aliphatic rings. The summed E-state index contributed by atoms with van der Waals surface area (Å²) in [7, 11) is 0. The molecule has 1 heterocycles. The fraction of sp³-hybridized carbons (Fsp3) is 0.318. The molecule has 0 amide bonds. The van der Waals surface area contributed by atoms with E-state index in [2.05, 4.69) is 64.2 Å². The van der Waals surface area contributed by atoms with Crippen LogP contribution in [0.1, 0.15) is 43.6 Å². The minimum Gasteiger partial charge on any atom is -0.493 e. The Kier molecular flexibility index (Phi) is 8.31. The summed E-state index contributed by atoms with van der Waals surface area (Å²) >= 11 is 5.11. The van der Waals surface area contributed by atoms with Crippen LogP contribution < -0.4 is 4.74 Å². The van der Waals surface area contributed by atoms with E-state index in [1.807, 2.05) is 35.2 Å². The van der Waals surface area contributed by atoms with E-state index in [1.165, 1.54) is 5.56 Å². The highest BCUT2D eigenvalue weighted by atomic mass is 79.9. The van der Waals surface area contributed by atoms with Crippen LogP contribution in [0.2, 0.25) is 0 Å². The van der Waals surface area contributed by atoms with Crippen LogP contribution in [-0.4, -0.2) is 27.7 Å². The number of para-hydroxylation sites is 1. The van der Waals surface area contributed by atoms with Gasteiger partial charge in [0.05, 0.1) is 12.8 Å². The van der Waals surface area contributed by atoms with Crippen LogP contribution in [0.5, 0.6) is 5.75 Å². The molecule has 0 unspecified atom stereocenters. The van der Waals surface area contributed by atoms with Crippen molar-refractivity contribution in [2.24, 2.45) is 5.10 Å². The molecule has 0 aliphatic carbocycles. The Morgan fingerprint density at radius 3 is 2.62 bits per heavy atom. The third kappa shape index (κ3) is 6.18. The van der Waals surface area contributed by atoms with Crippen molar-refractivity contribution in [2.45, 2.75) is 44.0 Å². The molecule has 0 radical (unpaired) electrons. The van der Waals surface area contributed by atoms with Gasteiger partial charge >= 0.3 is 0 Å². The van der Waals surface area contributed by atoms with Crippen LogP contribution in [-0.2, 0) is 12.2 Å². The zero-order valence-corrected chi connectivity index (χ0v) is 19.1. The van der Waals surface area contributed by atoms with Crippen LogP contribution in [0.25, 0.3) is 0 Å². The lowest BCUT2D eigenvalue weighted by Crippen LogP contribution is -2.02. The summed E-state index contributed by atoms with van der Waals surface area (Å²) in [6.07, 6.45) is 4.62. The Labute approximate surface area is 184 Å². The summed E-state index contributed by atoms with van der Waals surface area (Å²) in [5, 5.41) is 14.2. The Morgan fingerprint density at radius 1 is 1.07 bits per heavy atom.